The molecule has 0 unspecified atom stereocenters. The molecule has 0 radical (unpaired) electrons. The van der Waals surface area contributed by atoms with Crippen LogP contribution < -0.4 is 15.0 Å². The fourth-order valence-electron chi connectivity index (χ4n) is 3.51. The zero-order valence-corrected chi connectivity index (χ0v) is 14.1. The van der Waals surface area contributed by atoms with Gasteiger partial charge in [-0.2, -0.15) is 0 Å². The molecule has 5 nitrogen and oxygen atoms in total. The summed E-state index contributed by atoms with van der Waals surface area (Å²) in [5.41, 5.74) is 0.757. The first-order valence-corrected chi connectivity index (χ1v) is 9.05. The molecule has 1 saturated carbocycles. The van der Waals surface area contributed by atoms with Crippen molar-refractivity contribution in [3.63, 3.8) is 0 Å². The van der Waals surface area contributed by atoms with Crippen LogP contribution in [0.3, 0.4) is 0 Å². The number of carbonyl (C=O) groups is 2. The van der Waals surface area contributed by atoms with E-state index in [-0.39, 0.29) is 18.4 Å². The lowest BCUT2D eigenvalue weighted by atomic mass is 9.96. The maximum atomic E-state index is 12.3. The van der Waals surface area contributed by atoms with Crippen molar-refractivity contribution in [2.45, 2.75) is 57.4 Å². The van der Waals surface area contributed by atoms with Gasteiger partial charge in [0, 0.05) is 19.0 Å². The van der Waals surface area contributed by atoms with Crippen molar-refractivity contribution in [1.29, 1.82) is 0 Å². The van der Waals surface area contributed by atoms with Crippen LogP contribution in [0.15, 0.2) is 24.3 Å². The van der Waals surface area contributed by atoms with Crippen LogP contribution in [0.5, 0.6) is 5.75 Å². The quantitative estimate of drug-likeness (QED) is 0.923. The van der Waals surface area contributed by atoms with E-state index in [1.165, 1.54) is 32.1 Å². The third kappa shape index (κ3) is 4.28. The molecule has 3 rings (SSSR count). The molecule has 1 aromatic carbocycles. The van der Waals surface area contributed by atoms with Gasteiger partial charge in [-0.1, -0.05) is 44.2 Å². The third-order valence-corrected chi connectivity index (χ3v) is 4.84. The Bertz CT molecular complexity index is 580. The Hall–Kier alpha value is -2.04. The SMILES string of the molecule is O=C(CCN1C(=O)COc2ccccc21)NC1CCCCCCC1. The summed E-state index contributed by atoms with van der Waals surface area (Å²) >= 11 is 0. The fourth-order valence-corrected chi connectivity index (χ4v) is 3.51. The zero-order valence-electron chi connectivity index (χ0n) is 14.1. The Kier molecular flexibility index (Phi) is 5.72. The molecule has 130 valence electrons. The van der Waals surface area contributed by atoms with Gasteiger partial charge < -0.3 is 15.0 Å². The van der Waals surface area contributed by atoms with Gasteiger partial charge in [-0.25, -0.2) is 0 Å². The van der Waals surface area contributed by atoms with Crippen molar-refractivity contribution in [1.82, 2.24) is 5.32 Å². The zero-order chi connectivity index (χ0) is 16.8. The highest BCUT2D eigenvalue weighted by molar-refractivity contribution is 5.98. The molecular weight excluding hydrogens is 304 g/mol. The lowest BCUT2D eigenvalue weighted by Gasteiger charge is -2.29. The van der Waals surface area contributed by atoms with Crippen LogP contribution in [0.25, 0.3) is 0 Å². The summed E-state index contributed by atoms with van der Waals surface area (Å²) in [6, 6.07) is 7.77. The minimum Gasteiger partial charge on any atom is -0.482 e. The van der Waals surface area contributed by atoms with Crippen molar-refractivity contribution in [2.24, 2.45) is 0 Å². The number of nitrogens with one attached hydrogen (secondary N) is 1. The first kappa shape index (κ1) is 16.8. The van der Waals surface area contributed by atoms with Crippen LogP contribution in [0.2, 0.25) is 0 Å². The first-order chi connectivity index (χ1) is 11.7. The maximum absolute atomic E-state index is 12.3. The van der Waals surface area contributed by atoms with Crippen molar-refractivity contribution in [2.75, 3.05) is 18.1 Å². The van der Waals surface area contributed by atoms with E-state index >= 15 is 0 Å². The van der Waals surface area contributed by atoms with Crippen LogP contribution in [0.1, 0.15) is 51.4 Å². The smallest absolute Gasteiger partial charge is 0.265 e. The molecule has 24 heavy (non-hydrogen) atoms. The van der Waals surface area contributed by atoms with Crippen LogP contribution >= 0.6 is 0 Å². The summed E-state index contributed by atoms with van der Waals surface area (Å²) in [5.74, 6) is 0.655. The Balaban J connectivity index is 1.53. The summed E-state index contributed by atoms with van der Waals surface area (Å²) in [6.07, 6.45) is 8.73. The molecular formula is C19H26N2O3. The van der Waals surface area contributed by atoms with E-state index in [1.807, 2.05) is 24.3 Å². The Morgan fingerprint density at radius 3 is 2.62 bits per heavy atom. The van der Waals surface area contributed by atoms with Crippen molar-refractivity contribution in [3.8, 4) is 5.75 Å². The van der Waals surface area contributed by atoms with E-state index in [2.05, 4.69) is 5.32 Å². The molecule has 1 fully saturated rings. The number of anilines is 1. The van der Waals surface area contributed by atoms with Gasteiger partial charge in [-0.15, -0.1) is 0 Å². The largest absolute Gasteiger partial charge is 0.482 e. The molecule has 0 bridgehead atoms. The molecule has 2 amide bonds. The van der Waals surface area contributed by atoms with E-state index in [1.54, 1.807) is 4.90 Å². The number of fused-ring (bicyclic) bond motifs is 1. The summed E-state index contributed by atoms with van der Waals surface area (Å²) in [7, 11) is 0. The number of rotatable bonds is 4. The van der Waals surface area contributed by atoms with Crippen LogP contribution in [-0.4, -0.2) is 31.0 Å². The second kappa shape index (κ2) is 8.18. The number of nitrogens with zero attached hydrogens (tertiary/aromatic N) is 1. The predicted octanol–water partition coefficient (Wildman–Crippen LogP) is 3.03. The van der Waals surface area contributed by atoms with Gasteiger partial charge in [0.05, 0.1) is 5.69 Å². The van der Waals surface area contributed by atoms with Gasteiger partial charge in [0.15, 0.2) is 6.61 Å². The van der Waals surface area contributed by atoms with Crippen molar-refractivity contribution in [3.05, 3.63) is 24.3 Å². The van der Waals surface area contributed by atoms with Gasteiger partial charge in [-0.3, -0.25) is 9.59 Å². The summed E-state index contributed by atoms with van der Waals surface area (Å²) in [6.45, 7) is 0.443. The number of ether oxygens (including phenoxy) is 1. The summed E-state index contributed by atoms with van der Waals surface area (Å²) < 4.78 is 5.43. The number of benzene rings is 1. The number of amides is 2. The molecule has 1 aliphatic carbocycles. The fraction of sp³-hybridized carbons (Fsp3) is 0.579. The van der Waals surface area contributed by atoms with Crippen molar-refractivity contribution >= 4 is 17.5 Å². The van der Waals surface area contributed by atoms with Crippen LogP contribution in [0.4, 0.5) is 5.69 Å². The first-order valence-electron chi connectivity index (χ1n) is 9.05. The molecule has 0 aromatic heterocycles. The van der Waals surface area contributed by atoms with Gasteiger partial charge >= 0.3 is 0 Å². The van der Waals surface area contributed by atoms with Crippen LogP contribution in [-0.2, 0) is 9.59 Å². The third-order valence-electron chi connectivity index (χ3n) is 4.84. The van der Waals surface area contributed by atoms with E-state index in [0.29, 0.717) is 24.8 Å². The molecule has 1 aliphatic heterocycles. The Morgan fingerprint density at radius 1 is 1.12 bits per heavy atom. The van der Waals surface area contributed by atoms with E-state index in [0.717, 1.165) is 18.5 Å². The molecule has 1 heterocycles. The number of hydrogen-bond donors (Lipinski definition) is 1. The number of carbonyl (C=O) groups excluding carboxylic acids is 2. The molecule has 5 heteroatoms. The second-order valence-corrected chi connectivity index (χ2v) is 6.66. The predicted molar refractivity (Wildman–Crippen MR) is 93.2 cm³/mol. The van der Waals surface area contributed by atoms with E-state index in [4.69, 9.17) is 4.74 Å². The molecule has 2 aliphatic rings. The minimum absolute atomic E-state index is 0.0392. The van der Waals surface area contributed by atoms with Gasteiger partial charge in [-0.05, 0) is 25.0 Å². The lowest BCUT2D eigenvalue weighted by Crippen LogP contribution is -2.42. The highest BCUT2D eigenvalue weighted by atomic mass is 16.5. The molecule has 0 spiro atoms. The monoisotopic (exact) mass is 330 g/mol. The van der Waals surface area contributed by atoms with Gasteiger partial charge in [0.1, 0.15) is 5.75 Å². The van der Waals surface area contributed by atoms with E-state index < -0.39 is 0 Å². The second-order valence-electron chi connectivity index (χ2n) is 6.66. The summed E-state index contributed by atoms with van der Waals surface area (Å²) in [4.78, 5) is 26.1. The minimum atomic E-state index is -0.0903. The van der Waals surface area contributed by atoms with Crippen molar-refractivity contribution < 1.29 is 14.3 Å². The topological polar surface area (TPSA) is 58.6 Å². The highest BCUT2D eigenvalue weighted by Gasteiger charge is 2.25. The maximum Gasteiger partial charge on any atom is 0.265 e. The molecule has 1 N–H and O–H groups in total. The number of para-hydroxylation sites is 2. The summed E-state index contributed by atoms with van der Waals surface area (Å²) in [5, 5.41) is 3.16. The van der Waals surface area contributed by atoms with E-state index in [9.17, 15) is 9.59 Å². The molecule has 0 atom stereocenters. The average Bonchev–Trinajstić information content (AvgIpc) is 2.56. The Morgan fingerprint density at radius 2 is 1.83 bits per heavy atom. The number of hydrogen-bond acceptors (Lipinski definition) is 3. The normalized spacial score (nSPS) is 19.0. The lowest BCUT2D eigenvalue weighted by molar-refractivity contribution is -0.122. The van der Waals surface area contributed by atoms with Gasteiger partial charge in [0.2, 0.25) is 5.91 Å². The molecule has 0 saturated heterocycles. The van der Waals surface area contributed by atoms with Crippen LogP contribution in [0, 0.1) is 0 Å². The van der Waals surface area contributed by atoms with Gasteiger partial charge in [0.25, 0.3) is 5.91 Å². The standard InChI is InChI=1S/C19H26N2O3/c22-18(20-15-8-4-2-1-3-5-9-15)12-13-21-16-10-6-7-11-17(16)24-14-19(21)23/h6-7,10-11,15H,1-5,8-9,12-14H2,(H,20,22). The molecule has 1 aromatic rings. The highest BCUT2D eigenvalue weighted by Crippen LogP contribution is 2.31. The average molecular weight is 330 g/mol. The Labute approximate surface area is 143 Å².